The van der Waals surface area contributed by atoms with Gasteiger partial charge in [0.15, 0.2) is 11.6 Å². The molecule has 1 aliphatic rings. The molecule has 2 rings (SSSR count). The van der Waals surface area contributed by atoms with Gasteiger partial charge in [-0.1, -0.05) is 71.4 Å². The van der Waals surface area contributed by atoms with E-state index >= 15 is 0 Å². The van der Waals surface area contributed by atoms with Gasteiger partial charge in [0.1, 0.15) is 6.04 Å². The van der Waals surface area contributed by atoms with Crippen molar-refractivity contribution in [2.24, 2.45) is 29.4 Å². The number of benzene rings is 1. The molecule has 0 aliphatic carbocycles. The number of ether oxygens (including phenoxy) is 1. The summed E-state index contributed by atoms with van der Waals surface area (Å²) in [5.74, 6) is -5.32. The monoisotopic (exact) mass is 641 g/mol. The molecule has 1 saturated heterocycles. The van der Waals surface area contributed by atoms with Crippen molar-refractivity contribution in [2.75, 3.05) is 13.2 Å². The van der Waals surface area contributed by atoms with Gasteiger partial charge in [0.25, 0.3) is 0 Å². The summed E-state index contributed by atoms with van der Waals surface area (Å²) < 4.78 is 5.30. The summed E-state index contributed by atoms with van der Waals surface area (Å²) in [6.45, 7) is 10.0. The molecule has 0 spiro atoms. The van der Waals surface area contributed by atoms with Gasteiger partial charge in [0.05, 0.1) is 25.0 Å². The molecule has 3 N–H and O–H groups in total. The molecular formula is C35H51N3O8. The minimum atomic E-state index is -0.968. The molecule has 3 unspecified atom stereocenters. The SMILES string of the molecule is CCCC(CC(=O)[C@@H]1CCCN1C(=O)C(CC(=O)OCC(C)C)C(C)C)C(=O)C(=O)CCC(=O)NC(Cc1ccccc1)C(N)=O. The average molecular weight is 642 g/mol. The molecule has 11 nitrogen and oxygen atoms in total. The van der Waals surface area contributed by atoms with Crippen LogP contribution in [0.15, 0.2) is 30.3 Å². The lowest BCUT2D eigenvalue weighted by molar-refractivity contribution is -0.152. The number of hydrogen-bond acceptors (Lipinski definition) is 8. The van der Waals surface area contributed by atoms with Crippen LogP contribution in [0.3, 0.4) is 0 Å². The van der Waals surface area contributed by atoms with Crippen molar-refractivity contribution < 1.29 is 38.3 Å². The first-order chi connectivity index (χ1) is 21.7. The van der Waals surface area contributed by atoms with Crippen molar-refractivity contribution >= 4 is 41.0 Å². The van der Waals surface area contributed by atoms with E-state index in [2.05, 4.69) is 5.32 Å². The second-order valence-electron chi connectivity index (χ2n) is 13.0. The van der Waals surface area contributed by atoms with Gasteiger partial charge in [-0.2, -0.15) is 0 Å². The largest absolute Gasteiger partial charge is 0.465 e. The molecule has 4 atom stereocenters. The number of nitrogens with one attached hydrogen (secondary N) is 1. The number of nitrogens with zero attached hydrogens (tertiary/aromatic N) is 1. The zero-order valence-electron chi connectivity index (χ0n) is 27.9. The highest BCUT2D eigenvalue weighted by atomic mass is 16.5. The Bertz CT molecular complexity index is 1230. The minimum Gasteiger partial charge on any atom is -0.465 e. The van der Waals surface area contributed by atoms with Crippen LogP contribution in [0, 0.1) is 23.7 Å². The number of primary amides is 1. The molecule has 0 bridgehead atoms. The Kier molecular flexibility index (Phi) is 15.8. The standard InChI is InChI=1S/C35H51N3O8/c1-6-11-25(33(43)29(39)15-16-31(41)37-27(34(36)44)18-24-12-8-7-9-13-24)19-30(40)28-14-10-17-38(28)35(45)26(23(4)5)20-32(42)46-21-22(2)3/h7-9,12-13,22-23,25-28H,6,10-11,14-21H2,1-5H3,(H2,36,44)(H,37,41)/t25?,26?,27?,28-/m0/s1. The number of nitrogens with two attached hydrogens (primary N) is 1. The van der Waals surface area contributed by atoms with E-state index in [1.807, 2.05) is 40.7 Å². The highest BCUT2D eigenvalue weighted by Crippen LogP contribution is 2.28. The number of amides is 3. The molecule has 3 amide bonds. The third-order valence-corrected chi connectivity index (χ3v) is 8.26. The summed E-state index contributed by atoms with van der Waals surface area (Å²) in [7, 11) is 0. The zero-order valence-corrected chi connectivity index (χ0v) is 27.9. The quantitative estimate of drug-likeness (QED) is 0.161. The third kappa shape index (κ3) is 12.1. The van der Waals surface area contributed by atoms with Gasteiger partial charge in [-0.3, -0.25) is 33.6 Å². The number of likely N-dealkylation sites (tertiary alicyclic amines) is 1. The van der Waals surface area contributed by atoms with E-state index in [4.69, 9.17) is 10.5 Å². The average Bonchev–Trinajstić information content (AvgIpc) is 3.51. The van der Waals surface area contributed by atoms with Gasteiger partial charge in [0, 0.05) is 38.1 Å². The molecule has 1 aliphatic heterocycles. The van der Waals surface area contributed by atoms with Gasteiger partial charge >= 0.3 is 5.97 Å². The second-order valence-corrected chi connectivity index (χ2v) is 13.0. The lowest BCUT2D eigenvalue weighted by Gasteiger charge is -2.30. The van der Waals surface area contributed by atoms with Crippen LogP contribution < -0.4 is 11.1 Å². The molecule has 46 heavy (non-hydrogen) atoms. The molecule has 0 radical (unpaired) electrons. The fourth-order valence-corrected chi connectivity index (χ4v) is 5.65. The topological polar surface area (TPSA) is 170 Å². The Morgan fingerprint density at radius 2 is 1.65 bits per heavy atom. The van der Waals surface area contributed by atoms with E-state index in [0.29, 0.717) is 32.2 Å². The van der Waals surface area contributed by atoms with Crippen molar-refractivity contribution in [1.29, 1.82) is 0 Å². The first-order valence-corrected chi connectivity index (χ1v) is 16.4. The van der Waals surface area contributed by atoms with Crippen LogP contribution in [0.1, 0.15) is 91.5 Å². The fourth-order valence-electron chi connectivity index (χ4n) is 5.65. The Labute approximate surface area is 272 Å². The Balaban J connectivity index is 2.00. The highest BCUT2D eigenvalue weighted by molar-refractivity contribution is 6.38. The van der Waals surface area contributed by atoms with Gasteiger partial charge in [-0.05, 0) is 36.7 Å². The maximum Gasteiger partial charge on any atom is 0.306 e. The van der Waals surface area contributed by atoms with Crippen molar-refractivity contribution in [3.05, 3.63) is 35.9 Å². The molecule has 1 heterocycles. The lowest BCUT2D eigenvalue weighted by atomic mass is 9.87. The summed E-state index contributed by atoms with van der Waals surface area (Å²) in [6.07, 6.45) is 1.16. The highest BCUT2D eigenvalue weighted by Gasteiger charge is 2.40. The first kappa shape index (κ1) is 38.3. The van der Waals surface area contributed by atoms with E-state index in [1.54, 1.807) is 24.3 Å². The molecule has 1 fully saturated rings. The van der Waals surface area contributed by atoms with Gasteiger partial charge in [-0.15, -0.1) is 0 Å². The Hall–Kier alpha value is -3.89. The van der Waals surface area contributed by atoms with Crippen molar-refractivity contribution in [3.63, 3.8) is 0 Å². The smallest absolute Gasteiger partial charge is 0.306 e. The van der Waals surface area contributed by atoms with E-state index in [9.17, 15) is 33.6 Å². The molecule has 11 heteroatoms. The Morgan fingerprint density at radius 3 is 2.24 bits per heavy atom. The third-order valence-electron chi connectivity index (χ3n) is 8.26. The van der Waals surface area contributed by atoms with E-state index in [0.717, 1.165) is 5.56 Å². The van der Waals surface area contributed by atoms with Crippen molar-refractivity contribution in [3.8, 4) is 0 Å². The number of hydrogen-bond donors (Lipinski definition) is 2. The van der Waals surface area contributed by atoms with E-state index in [1.165, 1.54) is 4.90 Å². The second kappa shape index (κ2) is 18.9. The minimum absolute atomic E-state index is 0.0773. The fraction of sp³-hybridized carbons (Fsp3) is 0.629. The molecule has 1 aromatic carbocycles. The Morgan fingerprint density at radius 1 is 0.978 bits per heavy atom. The van der Waals surface area contributed by atoms with Gasteiger partial charge < -0.3 is 20.7 Å². The molecule has 254 valence electrons. The zero-order chi connectivity index (χ0) is 34.4. The summed E-state index contributed by atoms with van der Waals surface area (Å²) >= 11 is 0. The maximum atomic E-state index is 13.6. The summed E-state index contributed by atoms with van der Waals surface area (Å²) in [5.41, 5.74) is 6.26. The summed E-state index contributed by atoms with van der Waals surface area (Å²) in [6, 6.07) is 7.32. The van der Waals surface area contributed by atoms with Crippen molar-refractivity contribution in [1.82, 2.24) is 10.2 Å². The predicted molar refractivity (Wildman–Crippen MR) is 172 cm³/mol. The van der Waals surface area contributed by atoms with Crippen molar-refractivity contribution in [2.45, 2.75) is 104 Å². The van der Waals surface area contributed by atoms with Crippen LogP contribution in [-0.4, -0.2) is 71.2 Å². The number of ketones is 3. The van der Waals surface area contributed by atoms with E-state index < -0.39 is 53.3 Å². The lowest BCUT2D eigenvalue weighted by Crippen LogP contribution is -2.46. The maximum absolute atomic E-state index is 13.6. The van der Waals surface area contributed by atoms with Gasteiger partial charge in [-0.25, -0.2) is 0 Å². The van der Waals surface area contributed by atoms with Crippen LogP contribution in [-0.2, 0) is 44.7 Å². The number of carbonyl (C=O) groups is 7. The predicted octanol–water partition coefficient (Wildman–Crippen LogP) is 3.35. The number of Topliss-reactive ketones (excluding diaryl/α,β-unsaturated/α-hetero) is 3. The molecular weight excluding hydrogens is 590 g/mol. The number of esters is 1. The normalized spacial score (nSPS) is 16.5. The number of rotatable bonds is 20. The van der Waals surface area contributed by atoms with Crippen LogP contribution in [0.5, 0.6) is 0 Å². The summed E-state index contributed by atoms with van der Waals surface area (Å²) in [4.78, 5) is 91.5. The number of carbonyl (C=O) groups excluding carboxylic acids is 7. The first-order valence-electron chi connectivity index (χ1n) is 16.4. The van der Waals surface area contributed by atoms with Crippen LogP contribution >= 0.6 is 0 Å². The van der Waals surface area contributed by atoms with Crippen LogP contribution in [0.2, 0.25) is 0 Å². The molecule has 0 saturated carbocycles. The van der Waals surface area contributed by atoms with Gasteiger partial charge in [0.2, 0.25) is 23.5 Å². The molecule has 1 aromatic rings. The van der Waals surface area contributed by atoms with Crippen LogP contribution in [0.4, 0.5) is 0 Å². The summed E-state index contributed by atoms with van der Waals surface area (Å²) in [5, 5.41) is 2.54. The van der Waals surface area contributed by atoms with E-state index in [-0.39, 0.29) is 62.2 Å². The molecule has 0 aromatic heterocycles. The van der Waals surface area contributed by atoms with Crippen LogP contribution in [0.25, 0.3) is 0 Å².